The fraction of sp³-hybridized carbons (Fsp3) is 0.333. The Balaban J connectivity index is 1.61. The van der Waals surface area contributed by atoms with Gasteiger partial charge < -0.3 is 4.90 Å². The van der Waals surface area contributed by atoms with E-state index in [-0.39, 0.29) is 17.9 Å². The number of anilines is 1. The van der Waals surface area contributed by atoms with Gasteiger partial charge in [-0.2, -0.15) is 22.8 Å². The summed E-state index contributed by atoms with van der Waals surface area (Å²) in [5.41, 5.74) is -0.830. The highest BCUT2D eigenvalue weighted by molar-refractivity contribution is 5.89. The zero-order valence-electron chi connectivity index (χ0n) is 14.3. The Labute approximate surface area is 156 Å². The van der Waals surface area contributed by atoms with Crippen molar-refractivity contribution in [3.63, 3.8) is 0 Å². The van der Waals surface area contributed by atoms with E-state index in [4.69, 9.17) is 5.26 Å². The molecule has 2 aromatic rings. The van der Waals surface area contributed by atoms with Crippen molar-refractivity contribution in [1.82, 2.24) is 14.9 Å². The van der Waals surface area contributed by atoms with Gasteiger partial charge in [-0.3, -0.25) is 5.32 Å². The number of carbonyl (C=O) groups excluding carboxylic acids is 1. The van der Waals surface area contributed by atoms with Gasteiger partial charge in [0.05, 0.1) is 11.6 Å². The molecule has 144 valence electrons. The number of rotatable bonds is 1. The molecule has 6 nitrogen and oxygen atoms in total. The maximum Gasteiger partial charge on any atom is 0.434 e. The van der Waals surface area contributed by atoms with Crippen molar-refractivity contribution < 1.29 is 22.4 Å². The van der Waals surface area contributed by atoms with E-state index in [2.05, 4.69) is 15.3 Å². The second-order valence-corrected chi connectivity index (χ2v) is 6.66. The van der Waals surface area contributed by atoms with Crippen molar-refractivity contribution >= 4 is 11.8 Å². The lowest BCUT2D eigenvalue weighted by atomic mass is 9.95. The van der Waals surface area contributed by atoms with Crippen LogP contribution in [0.1, 0.15) is 41.3 Å². The summed E-state index contributed by atoms with van der Waals surface area (Å²) >= 11 is 0. The Bertz CT molecular complexity index is 1000. The van der Waals surface area contributed by atoms with Gasteiger partial charge in [-0.05, 0) is 43.0 Å². The molecule has 2 amide bonds. The molecule has 0 unspecified atom stereocenters. The Morgan fingerprint density at radius 1 is 1.29 bits per heavy atom. The molecule has 1 fully saturated rings. The number of nitriles is 1. The lowest BCUT2D eigenvalue weighted by molar-refractivity contribution is -0.141. The molecule has 10 heteroatoms. The van der Waals surface area contributed by atoms with Crippen LogP contribution in [0.5, 0.6) is 0 Å². The minimum absolute atomic E-state index is 0.267. The fourth-order valence-corrected chi connectivity index (χ4v) is 3.94. The summed E-state index contributed by atoms with van der Waals surface area (Å²) in [6.07, 6.45) is -1.91. The Hall–Kier alpha value is -3.22. The average Bonchev–Trinajstić information content (AvgIpc) is 2.97. The SMILES string of the molecule is N#Cc1ccc(NC(=O)N2[C@@H]3CC[C@H]2c2ccnc(F)c2C3)nc1C(F)(F)F. The average molecular weight is 391 g/mol. The first-order chi connectivity index (χ1) is 13.3. The van der Waals surface area contributed by atoms with Crippen LogP contribution in [0.4, 0.5) is 28.2 Å². The van der Waals surface area contributed by atoms with E-state index in [1.807, 2.05) is 0 Å². The predicted molar refractivity (Wildman–Crippen MR) is 88.5 cm³/mol. The summed E-state index contributed by atoms with van der Waals surface area (Å²) in [5, 5.41) is 11.2. The van der Waals surface area contributed by atoms with E-state index in [1.54, 1.807) is 6.07 Å². The van der Waals surface area contributed by atoms with Crippen LogP contribution in [0.15, 0.2) is 24.4 Å². The smallest absolute Gasteiger partial charge is 0.314 e. The second kappa shape index (κ2) is 6.44. The van der Waals surface area contributed by atoms with Gasteiger partial charge in [0.25, 0.3) is 0 Å². The number of hydrogen-bond acceptors (Lipinski definition) is 4. The largest absolute Gasteiger partial charge is 0.434 e. The summed E-state index contributed by atoms with van der Waals surface area (Å²) in [7, 11) is 0. The van der Waals surface area contributed by atoms with Crippen LogP contribution in [0, 0.1) is 17.3 Å². The molecule has 0 aromatic carbocycles. The van der Waals surface area contributed by atoms with Gasteiger partial charge in [0, 0.05) is 17.8 Å². The number of alkyl halides is 3. The van der Waals surface area contributed by atoms with E-state index in [0.717, 1.165) is 12.1 Å². The minimum atomic E-state index is -4.82. The lowest BCUT2D eigenvalue weighted by Crippen LogP contribution is -2.44. The highest BCUT2D eigenvalue weighted by Crippen LogP contribution is 2.44. The number of nitrogens with one attached hydrogen (secondary N) is 1. The van der Waals surface area contributed by atoms with Crippen LogP contribution in [-0.4, -0.2) is 26.9 Å². The molecule has 2 bridgehead atoms. The predicted octanol–water partition coefficient (Wildman–Crippen LogP) is 3.80. The molecule has 28 heavy (non-hydrogen) atoms. The first kappa shape index (κ1) is 18.2. The second-order valence-electron chi connectivity index (χ2n) is 6.66. The third-order valence-electron chi connectivity index (χ3n) is 5.09. The monoisotopic (exact) mass is 391 g/mol. The van der Waals surface area contributed by atoms with E-state index < -0.39 is 29.4 Å². The van der Waals surface area contributed by atoms with Crippen molar-refractivity contribution in [2.24, 2.45) is 0 Å². The molecule has 4 rings (SSSR count). The molecule has 4 heterocycles. The van der Waals surface area contributed by atoms with Crippen LogP contribution in [0.2, 0.25) is 0 Å². The van der Waals surface area contributed by atoms with Crippen LogP contribution in [0.25, 0.3) is 0 Å². The van der Waals surface area contributed by atoms with Crippen LogP contribution < -0.4 is 5.32 Å². The standard InChI is InChI=1S/C18H13F4N5O/c19-16-12-7-10-2-3-13(11(12)5-6-24-16)27(10)17(28)26-14-4-1-9(8-23)15(25-14)18(20,21)22/h1,4-6,10,13H,2-3,7H2,(H,25,26,28)/t10-,13+/m1/s1. The van der Waals surface area contributed by atoms with Gasteiger partial charge >= 0.3 is 12.2 Å². The third-order valence-corrected chi connectivity index (χ3v) is 5.09. The number of halogens is 4. The number of fused-ring (bicyclic) bond motifs is 4. The Morgan fingerprint density at radius 2 is 2.07 bits per heavy atom. The maximum absolute atomic E-state index is 14.0. The first-order valence-corrected chi connectivity index (χ1v) is 8.50. The molecule has 2 aliphatic rings. The Morgan fingerprint density at radius 3 is 2.79 bits per heavy atom. The lowest BCUT2D eigenvalue weighted by Gasteiger charge is -2.36. The minimum Gasteiger partial charge on any atom is -0.314 e. The van der Waals surface area contributed by atoms with Crippen molar-refractivity contribution in [2.45, 2.75) is 37.5 Å². The maximum atomic E-state index is 14.0. The number of carbonyl (C=O) groups is 1. The van der Waals surface area contributed by atoms with Gasteiger partial charge in [-0.15, -0.1) is 0 Å². The van der Waals surface area contributed by atoms with E-state index in [9.17, 15) is 22.4 Å². The molecule has 0 radical (unpaired) electrons. The number of hydrogen-bond donors (Lipinski definition) is 1. The number of pyridine rings is 2. The van der Waals surface area contributed by atoms with Gasteiger partial charge in [-0.1, -0.05) is 0 Å². The molecule has 0 saturated carbocycles. The van der Waals surface area contributed by atoms with Crippen molar-refractivity contribution in [3.8, 4) is 6.07 Å². The van der Waals surface area contributed by atoms with Crippen molar-refractivity contribution in [1.29, 1.82) is 5.26 Å². The van der Waals surface area contributed by atoms with Gasteiger partial charge in [0.2, 0.25) is 5.95 Å². The topological polar surface area (TPSA) is 81.9 Å². The summed E-state index contributed by atoms with van der Waals surface area (Å²) in [5.74, 6) is -0.861. The highest BCUT2D eigenvalue weighted by atomic mass is 19.4. The molecular weight excluding hydrogens is 378 g/mol. The number of urea groups is 1. The quantitative estimate of drug-likeness (QED) is 0.592. The molecule has 2 atom stereocenters. The molecular formula is C18H13F4N5O. The zero-order chi connectivity index (χ0) is 20.1. The van der Waals surface area contributed by atoms with Crippen LogP contribution in [0.3, 0.4) is 0 Å². The van der Waals surface area contributed by atoms with E-state index in [0.29, 0.717) is 30.4 Å². The van der Waals surface area contributed by atoms with Gasteiger partial charge in [-0.25, -0.2) is 14.8 Å². The van der Waals surface area contributed by atoms with Crippen LogP contribution >= 0.6 is 0 Å². The summed E-state index contributed by atoms with van der Waals surface area (Å²) in [4.78, 5) is 21.3. The number of aromatic nitrogens is 2. The first-order valence-electron chi connectivity index (χ1n) is 8.50. The fourth-order valence-electron chi connectivity index (χ4n) is 3.94. The number of nitrogens with zero attached hydrogens (tertiary/aromatic N) is 4. The highest BCUT2D eigenvalue weighted by Gasteiger charge is 2.44. The molecule has 0 spiro atoms. The van der Waals surface area contributed by atoms with Gasteiger partial charge in [0.15, 0.2) is 5.69 Å². The molecule has 1 N–H and O–H groups in total. The molecule has 0 aliphatic carbocycles. The van der Waals surface area contributed by atoms with E-state index >= 15 is 0 Å². The molecule has 2 aromatic heterocycles. The molecule has 1 saturated heterocycles. The third kappa shape index (κ3) is 2.93. The normalized spacial score (nSPS) is 20.5. The Kier molecular flexibility index (Phi) is 4.18. The van der Waals surface area contributed by atoms with Crippen LogP contribution in [-0.2, 0) is 12.6 Å². The van der Waals surface area contributed by atoms with E-state index in [1.165, 1.54) is 17.2 Å². The molecule has 2 aliphatic heterocycles. The van der Waals surface area contributed by atoms with Crippen molar-refractivity contribution in [3.05, 3.63) is 52.7 Å². The summed E-state index contributed by atoms with van der Waals surface area (Å²) in [6.45, 7) is 0. The summed E-state index contributed by atoms with van der Waals surface area (Å²) < 4.78 is 53.2. The zero-order valence-corrected chi connectivity index (χ0v) is 14.3. The number of amides is 2. The van der Waals surface area contributed by atoms with Crippen molar-refractivity contribution in [2.75, 3.05) is 5.32 Å². The summed E-state index contributed by atoms with van der Waals surface area (Å²) in [6, 6.07) is 3.97. The van der Waals surface area contributed by atoms with Gasteiger partial charge in [0.1, 0.15) is 11.9 Å².